The third-order valence-electron chi connectivity index (χ3n) is 1.98. The van der Waals surface area contributed by atoms with Gasteiger partial charge in [0.2, 0.25) is 0 Å². The van der Waals surface area contributed by atoms with Gasteiger partial charge in [-0.2, -0.15) is 0 Å². The van der Waals surface area contributed by atoms with Crippen LogP contribution in [-0.2, 0) is 6.54 Å². The van der Waals surface area contributed by atoms with Crippen LogP contribution in [0.5, 0.6) is 5.75 Å². The number of hydrogen-bond acceptors (Lipinski definition) is 2. The van der Waals surface area contributed by atoms with Gasteiger partial charge < -0.3 is 10.1 Å². The number of nitrogens with one attached hydrogen (secondary N) is 1. The third kappa shape index (κ3) is 3.00. The summed E-state index contributed by atoms with van der Waals surface area (Å²) in [4.78, 5) is 0. The van der Waals surface area contributed by atoms with Crippen LogP contribution in [0.15, 0.2) is 18.2 Å². The summed E-state index contributed by atoms with van der Waals surface area (Å²) in [7, 11) is 1.59. The molecule has 0 saturated heterocycles. The molecule has 0 aromatic heterocycles. The molecule has 0 heterocycles. The van der Waals surface area contributed by atoms with Gasteiger partial charge in [0, 0.05) is 12.1 Å². The van der Waals surface area contributed by atoms with Crippen LogP contribution in [0, 0.1) is 5.82 Å². The quantitative estimate of drug-likeness (QED) is 0.731. The molecule has 1 rings (SSSR count). The van der Waals surface area contributed by atoms with Crippen molar-refractivity contribution in [2.45, 2.75) is 19.9 Å². The van der Waals surface area contributed by atoms with E-state index in [1.165, 1.54) is 12.1 Å². The van der Waals surface area contributed by atoms with Crippen molar-refractivity contribution in [3.8, 4) is 5.75 Å². The molecular formula is C11H16FNO. The van der Waals surface area contributed by atoms with Gasteiger partial charge in [-0.1, -0.05) is 6.92 Å². The van der Waals surface area contributed by atoms with Crippen molar-refractivity contribution >= 4 is 0 Å². The predicted molar refractivity (Wildman–Crippen MR) is 54.9 cm³/mol. The van der Waals surface area contributed by atoms with E-state index in [0.717, 1.165) is 24.3 Å². The van der Waals surface area contributed by atoms with Crippen LogP contribution < -0.4 is 10.1 Å². The van der Waals surface area contributed by atoms with Gasteiger partial charge in [0.15, 0.2) is 0 Å². The molecular weight excluding hydrogens is 181 g/mol. The van der Waals surface area contributed by atoms with Crippen LogP contribution in [0.4, 0.5) is 4.39 Å². The van der Waals surface area contributed by atoms with E-state index in [0.29, 0.717) is 6.54 Å². The van der Waals surface area contributed by atoms with E-state index in [2.05, 4.69) is 12.2 Å². The van der Waals surface area contributed by atoms with Crippen molar-refractivity contribution in [2.24, 2.45) is 0 Å². The maximum absolute atomic E-state index is 12.9. The number of methoxy groups -OCH3 is 1. The number of halogens is 1. The molecule has 0 unspecified atom stereocenters. The molecule has 3 heteroatoms. The van der Waals surface area contributed by atoms with Gasteiger partial charge in [-0.25, -0.2) is 4.39 Å². The molecule has 0 amide bonds. The average molecular weight is 197 g/mol. The molecule has 0 saturated carbocycles. The van der Waals surface area contributed by atoms with Crippen molar-refractivity contribution in [3.05, 3.63) is 29.6 Å². The van der Waals surface area contributed by atoms with Gasteiger partial charge in [-0.05, 0) is 31.2 Å². The Hall–Kier alpha value is -1.09. The molecule has 0 aliphatic rings. The molecule has 1 aromatic carbocycles. The molecule has 0 fully saturated rings. The van der Waals surface area contributed by atoms with E-state index in [-0.39, 0.29) is 5.82 Å². The van der Waals surface area contributed by atoms with Crippen LogP contribution in [0.1, 0.15) is 18.9 Å². The first-order chi connectivity index (χ1) is 6.77. The zero-order valence-electron chi connectivity index (χ0n) is 8.64. The topological polar surface area (TPSA) is 21.3 Å². The second-order valence-electron chi connectivity index (χ2n) is 3.13. The van der Waals surface area contributed by atoms with E-state index in [1.54, 1.807) is 13.2 Å². The van der Waals surface area contributed by atoms with Crippen molar-refractivity contribution < 1.29 is 9.13 Å². The third-order valence-corrected chi connectivity index (χ3v) is 1.98. The fourth-order valence-corrected chi connectivity index (χ4v) is 1.29. The maximum Gasteiger partial charge on any atom is 0.123 e. The smallest absolute Gasteiger partial charge is 0.123 e. The summed E-state index contributed by atoms with van der Waals surface area (Å²) in [5.41, 5.74) is 0.862. The van der Waals surface area contributed by atoms with Crippen LogP contribution in [0.25, 0.3) is 0 Å². The van der Waals surface area contributed by atoms with Crippen molar-refractivity contribution in [3.63, 3.8) is 0 Å². The minimum atomic E-state index is -0.223. The monoisotopic (exact) mass is 197 g/mol. The van der Waals surface area contributed by atoms with Gasteiger partial charge in [0.1, 0.15) is 11.6 Å². The first kappa shape index (κ1) is 11.0. The molecule has 0 aliphatic carbocycles. The Kier molecular flexibility index (Phi) is 4.40. The predicted octanol–water partition coefficient (Wildman–Crippen LogP) is 2.33. The van der Waals surface area contributed by atoms with Crippen LogP contribution in [0.2, 0.25) is 0 Å². The lowest BCUT2D eigenvalue weighted by Gasteiger charge is -2.08. The first-order valence-electron chi connectivity index (χ1n) is 4.81. The lowest BCUT2D eigenvalue weighted by molar-refractivity contribution is 0.406. The maximum atomic E-state index is 12.9. The van der Waals surface area contributed by atoms with E-state index in [9.17, 15) is 4.39 Å². The lowest BCUT2D eigenvalue weighted by Crippen LogP contribution is -2.14. The summed E-state index contributed by atoms with van der Waals surface area (Å²) >= 11 is 0. The highest BCUT2D eigenvalue weighted by molar-refractivity contribution is 5.33. The molecule has 0 bridgehead atoms. The Balaban J connectivity index is 2.67. The SMILES string of the molecule is CCCNCc1cc(F)ccc1OC. The minimum absolute atomic E-state index is 0.223. The van der Waals surface area contributed by atoms with Crippen LogP contribution in [-0.4, -0.2) is 13.7 Å². The Bertz CT molecular complexity index is 289. The molecule has 0 radical (unpaired) electrons. The summed E-state index contributed by atoms with van der Waals surface area (Å²) in [6.45, 7) is 3.67. The molecule has 0 atom stereocenters. The lowest BCUT2D eigenvalue weighted by atomic mass is 10.2. The van der Waals surface area contributed by atoms with Gasteiger partial charge in [0.05, 0.1) is 7.11 Å². The highest BCUT2D eigenvalue weighted by Gasteiger charge is 2.03. The van der Waals surface area contributed by atoms with Crippen LogP contribution >= 0.6 is 0 Å². The minimum Gasteiger partial charge on any atom is -0.496 e. The molecule has 1 aromatic rings. The van der Waals surface area contributed by atoms with Gasteiger partial charge >= 0.3 is 0 Å². The van der Waals surface area contributed by atoms with E-state index >= 15 is 0 Å². The Morgan fingerprint density at radius 2 is 2.21 bits per heavy atom. The fraction of sp³-hybridized carbons (Fsp3) is 0.455. The Labute approximate surface area is 84.1 Å². The normalized spacial score (nSPS) is 10.2. The molecule has 14 heavy (non-hydrogen) atoms. The average Bonchev–Trinajstić information content (AvgIpc) is 2.19. The summed E-state index contributed by atoms with van der Waals surface area (Å²) in [6.07, 6.45) is 1.07. The van der Waals surface area contributed by atoms with Gasteiger partial charge in [0.25, 0.3) is 0 Å². The molecule has 0 aliphatic heterocycles. The molecule has 0 spiro atoms. The van der Waals surface area contributed by atoms with Crippen LogP contribution in [0.3, 0.4) is 0 Å². The Morgan fingerprint density at radius 1 is 1.43 bits per heavy atom. The molecule has 78 valence electrons. The van der Waals surface area contributed by atoms with E-state index < -0.39 is 0 Å². The van der Waals surface area contributed by atoms with Gasteiger partial charge in [-0.15, -0.1) is 0 Å². The highest BCUT2D eigenvalue weighted by Crippen LogP contribution is 2.18. The van der Waals surface area contributed by atoms with Crippen molar-refractivity contribution in [1.82, 2.24) is 5.32 Å². The van der Waals surface area contributed by atoms with E-state index in [1.807, 2.05) is 0 Å². The first-order valence-corrected chi connectivity index (χ1v) is 4.81. The number of hydrogen-bond donors (Lipinski definition) is 1. The molecule has 1 N–H and O–H groups in total. The summed E-state index contributed by atoms with van der Waals surface area (Å²) in [5.74, 6) is 0.508. The van der Waals surface area contributed by atoms with E-state index in [4.69, 9.17) is 4.74 Å². The number of benzene rings is 1. The standard InChI is InChI=1S/C11H16FNO/c1-3-6-13-8-9-7-10(12)4-5-11(9)14-2/h4-5,7,13H,3,6,8H2,1-2H3. The van der Waals surface area contributed by atoms with Crippen molar-refractivity contribution in [2.75, 3.05) is 13.7 Å². The summed E-state index contributed by atoms with van der Waals surface area (Å²) in [6, 6.07) is 4.56. The second kappa shape index (κ2) is 5.60. The van der Waals surface area contributed by atoms with Crippen molar-refractivity contribution in [1.29, 1.82) is 0 Å². The second-order valence-corrected chi connectivity index (χ2v) is 3.13. The number of ether oxygens (including phenoxy) is 1. The summed E-state index contributed by atoms with van der Waals surface area (Å²) in [5, 5.41) is 3.21. The Morgan fingerprint density at radius 3 is 2.86 bits per heavy atom. The fourth-order valence-electron chi connectivity index (χ4n) is 1.29. The zero-order chi connectivity index (χ0) is 10.4. The molecule has 2 nitrogen and oxygen atoms in total. The largest absolute Gasteiger partial charge is 0.496 e. The van der Waals surface area contributed by atoms with Gasteiger partial charge in [-0.3, -0.25) is 0 Å². The zero-order valence-corrected chi connectivity index (χ0v) is 8.64. The summed E-state index contributed by atoms with van der Waals surface area (Å²) < 4.78 is 18.0. The highest BCUT2D eigenvalue weighted by atomic mass is 19.1. The number of rotatable bonds is 5.